The number of ether oxygens (including phenoxy) is 1. The highest BCUT2D eigenvalue weighted by Crippen LogP contribution is 2.28. The number of carbonyl (C=O) groups is 1. The van der Waals surface area contributed by atoms with Gasteiger partial charge < -0.3 is 22.1 Å². The number of carbonyl (C=O) groups excluding carboxylic acids is 1. The van der Waals surface area contributed by atoms with Gasteiger partial charge in [0.1, 0.15) is 11.9 Å². The Labute approximate surface area is 171 Å². The summed E-state index contributed by atoms with van der Waals surface area (Å²) >= 11 is 6.01. The Bertz CT molecular complexity index is 1340. The maximum absolute atomic E-state index is 12.4. The molecule has 0 saturated carbocycles. The Morgan fingerprint density at radius 3 is 2.61 bits per heavy atom. The molecule has 28 heavy (non-hydrogen) atoms. The van der Waals surface area contributed by atoms with Crippen LogP contribution in [-0.2, 0) is 4.74 Å². The van der Waals surface area contributed by atoms with Crippen molar-refractivity contribution in [1.82, 2.24) is 9.55 Å². The highest BCUT2D eigenvalue weighted by atomic mass is 35.5. The molecule has 0 aliphatic rings. The Morgan fingerprint density at radius 2 is 1.86 bits per heavy atom. The molecule has 0 aliphatic carbocycles. The minimum Gasteiger partial charge on any atom is -1.00 e. The molecule has 3 aromatic heterocycles. The topological polar surface area (TPSA) is 51.1 Å². The number of halogens is 2. The van der Waals surface area contributed by atoms with Gasteiger partial charge in [0.15, 0.2) is 5.52 Å². The molecule has 0 fully saturated rings. The molecule has 0 amide bonds. The van der Waals surface area contributed by atoms with Gasteiger partial charge in [-0.25, -0.2) is 9.36 Å². The number of nitrogens with zero attached hydrogens (tertiary/aromatic N) is 2. The summed E-state index contributed by atoms with van der Waals surface area (Å²) < 4.78 is 8.82. The van der Waals surface area contributed by atoms with Crippen LogP contribution in [0.3, 0.4) is 0 Å². The predicted octanol–water partition coefficient (Wildman–Crippen LogP) is 1.29. The van der Waals surface area contributed by atoms with Gasteiger partial charge in [0.25, 0.3) is 6.33 Å². The van der Waals surface area contributed by atoms with Crippen LogP contribution in [0.1, 0.15) is 10.5 Å². The van der Waals surface area contributed by atoms with Gasteiger partial charge in [0, 0.05) is 27.4 Å². The number of pyridine rings is 1. The van der Waals surface area contributed by atoms with Crippen molar-refractivity contribution >= 4 is 44.9 Å². The summed E-state index contributed by atoms with van der Waals surface area (Å²) in [7, 11) is 1.39. The lowest BCUT2D eigenvalue weighted by Crippen LogP contribution is -3.00. The molecule has 5 aromatic rings. The van der Waals surface area contributed by atoms with Crippen LogP contribution in [-0.4, -0.2) is 22.6 Å². The maximum atomic E-state index is 12.4. The molecule has 140 valence electrons. The predicted molar refractivity (Wildman–Crippen MR) is 105 cm³/mol. The van der Waals surface area contributed by atoms with Crippen LogP contribution in [0.2, 0.25) is 5.02 Å². The fourth-order valence-electron chi connectivity index (χ4n) is 3.53. The van der Waals surface area contributed by atoms with Crippen molar-refractivity contribution in [2.45, 2.75) is 0 Å². The van der Waals surface area contributed by atoms with E-state index in [0.717, 1.165) is 33.0 Å². The van der Waals surface area contributed by atoms with Crippen LogP contribution in [0.15, 0.2) is 67.1 Å². The van der Waals surface area contributed by atoms with E-state index in [-0.39, 0.29) is 18.4 Å². The van der Waals surface area contributed by atoms with Crippen LogP contribution in [0.5, 0.6) is 0 Å². The molecule has 7 heteroatoms. The first-order valence-electron chi connectivity index (χ1n) is 8.47. The fourth-order valence-corrected chi connectivity index (χ4v) is 3.65. The minimum absolute atomic E-state index is 0. The van der Waals surface area contributed by atoms with Crippen molar-refractivity contribution in [2.24, 2.45) is 0 Å². The number of H-pyrrole nitrogens is 1. The summed E-state index contributed by atoms with van der Waals surface area (Å²) in [5, 5.41) is 2.73. The van der Waals surface area contributed by atoms with E-state index in [2.05, 4.69) is 4.98 Å². The normalized spacial score (nSPS) is 11.1. The van der Waals surface area contributed by atoms with Crippen molar-refractivity contribution in [2.75, 3.05) is 7.11 Å². The van der Waals surface area contributed by atoms with E-state index in [1.54, 1.807) is 0 Å². The van der Waals surface area contributed by atoms with Crippen molar-refractivity contribution < 1.29 is 26.3 Å². The van der Waals surface area contributed by atoms with Gasteiger partial charge in [-0.3, -0.25) is 0 Å². The molecule has 0 atom stereocenters. The van der Waals surface area contributed by atoms with Crippen LogP contribution < -0.4 is 16.8 Å². The highest BCUT2D eigenvalue weighted by Gasteiger charge is 2.23. The molecule has 0 saturated heterocycles. The van der Waals surface area contributed by atoms with Crippen LogP contribution >= 0.6 is 11.6 Å². The van der Waals surface area contributed by atoms with Crippen LogP contribution in [0.4, 0.5) is 0 Å². The van der Waals surface area contributed by atoms with E-state index in [4.69, 9.17) is 16.3 Å². The third-order valence-corrected chi connectivity index (χ3v) is 5.08. The fraction of sp³-hybridized carbons (Fsp3) is 0.0476. The second-order valence-corrected chi connectivity index (χ2v) is 6.80. The third-order valence-electron chi connectivity index (χ3n) is 4.82. The first-order chi connectivity index (χ1) is 13.2. The zero-order valence-electron chi connectivity index (χ0n) is 14.8. The number of methoxy groups -OCH3 is 1. The number of benzene rings is 2. The zero-order chi connectivity index (χ0) is 18.5. The second-order valence-electron chi connectivity index (χ2n) is 6.36. The molecule has 0 unspecified atom stereocenters. The third kappa shape index (κ3) is 2.71. The molecule has 3 heterocycles. The van der Waals surface area contributed by atoms with Gasteiger partial charge in [-0.15, -0.1) is 0 Å². The number of nitrogens with one attached hydrogen (secondary N) is 1. The molecule has 0 spiro atoms. The van der Waals surface area contributed by atoms with E-state index < -0.39 is 0 Å². The Hall–Kier alpha value is -3.02. The van der Waals surface area contributed by atoms with E-state index in [1.807, 2.05) is 76.1 Å². The van der Waals surface area contributed by atoms with E-state index >= 15 is 0 Å². The minimum atomic E-state index is -0.383. The lowest BCUT2D eigenvalue weighted by molar-refractivity contribution is -0.514. The summed E-state index contributed by atoms with van der Waals surface area (Å²) in [5.74, 6) is -0.383. The smallest absolute Gasteiger partial charge is 0.378 e. The van der Waals surface area contributed by atoms with E-state index in [9.17, 15) is 4.79 Å². The molecule has 5 rings (SSSR count). The standard InChI is InChI=1S/C21H14ClN3O2.ClH/c1-27-21(26)18-10-16-15-4-2-3-5-17(15)23-20(16)19-11-24(12-25(18)19)14-8-6-13(22)7-9-14;/h2-12H,1H3;1H. The number of imidazole rings is 1. The summed E-state index contributed by atoms with van der Waals surface area (Å²) in [5.41, 5.74) is 4.30. The first kappa shape index (κ1) is 18.3. The Morgan fingerprint density at radius 1 is 1.11 bits per heavy atom. The van der Waals surface area contributed by atoms with Gasteiger partial charge in [-0.1, -0.05) is 29.8 Å². The molecule has 5 nitrogen and oxygen atoms in total. The van der Waals surface area contributed by atoms with Crippen molar-refractivity contribution in [1.29, 1.82) is 0 Å². The average Bonchev–Trinajstić information content (AvgIpc) is 3.29. The number of hydrogen-bond acceptors (Lipinski definition) is 2. The van der Waals surface area contributed by atoms with E-state index in [1.165, 1.54) is 7.11 Å². The monoisotopic (exact) mass is 411 g/mol. The molecule has 1 N–H and O–H groups in total. The second kappa shape index (κ2) is 6.86. The molecular weight excluding hydrogens is 397 g/mol. The van der Waals surface area contributed by atoms with E-state index in [0.29, 0.717) is 10.7 Å². The molecular formula is C21H15Cl2N3O2. The maximum Gasteiger partial charge on any atom is 0.378 e. The van der Waals surface area contributed by atoms with Gasteiger partial charge in [-0.2, -0.15) is 4.40 Å². The lowest BCUT2D eigenvalue weighted by atomic mass is 10.1. The quantitative estimate of drug-likeness (QED) is 0.351. The van der Waals surface area contributed by atoms with Gasteiger partial charge in [-0.05, 0) is 30.3 Å². The summed E-state index contributed by atoms with van der Waals surface area (Å²) in [6.45, 7) is 0. The number of hydrogen-bond donors (Lipinski definition) is 1. The molecule has 2 aromatic carbocycles. The molecule has 0 radical (unpaired) electrons. The SMILES string of the molecule is COC(=O)c1cc2c3ccccc3[nH]c2c2cn(-c3ccc(Cl)cc3)c[n+]12.[Cl-]. The van der Waals surface area contributed by atoms with Crippen molar-refractivity contribution in [3.63, 3.8) is 0 Å². The number of esters is 1. The highest BCUT2D eigenvalue weighted by molar-refractivity contribution is 6.30. The number of aromatic nitrogens is 3. The van der Waals surface area contributed by atoms with Crippen LogP contribution in [0.25, 0.3) is 33.0 Å². The summed E-state index contributed by atoms with van der Waals surface area (Å²) in [6.07, 6.45) is 3.86. The lowest BCUT2D eigenvalue weighted by Gasteiger charge is -1.99. The molecule has 0 aliphatic heterocycles. The van der Waals surface area contributed by atoms with Crippen molar-refractivity contribution in [3.05, 3.63) is 77.8 Å². The first-order valence-corrected chi connectivity index (χ1v) is 8.84. The Kier molecular flexibility index (Phi) is 4.49. The molecule has 0 bridgehead atoms. The van der Waals surface area contributed by atoms with Crippen LogP contribution in [0, 0.1) is 0 Å². The average molecular weight is 412 g/mol. The largest absolute Gasteiger partial charge is 1.00 e. The number of fused-ring (bicyclic) bond motifs is 5. The Balaban J connectivity index is 0.00000192. The van der Waals surface area contributed by atoms with Gasteiger partial charge in [0.05, 0.1) is 12.6 Å². The number of para-hydroxylation sites is 1. The van der Waals surface area contributed by atoms with Crippen molar-refractivity contribution in [3.8, 4) is 5.69 Å². The number of aromatic amines is 1. The van der Waals surface area contributed by atoms with Gasteiger partial charge in [0.2, 0.25) is 5.69 Å². The number of rotatable bonds is 2. The van der Waals surface area contributed by atoms with Gasteiger partial charge >= 0.3 is 5.97 Å². The summed E-state index contributed by atoms with van der Waals surface area (Å²) in [6, 6.07) is 17.5. The summed E-state index contributed by atoms with van der Waals surface area (Å²) in [4.78, 5) is 15.9. The zero-order valence-corrected chi connectivity index (χ0v) is 16.3.